The lowest BCUT2D eigenvalue weighted by Crippen LogP contribution is -2.53. The van der Waals surface area contributed by atoms with Gasteiger partial charge in [0.2, 0.25) is 5.78 Å². The van der Waals surface area contributed by atoms with E-state index in [1.54, 1.807) is 0 Å². The summed E-state index contributed by atoms with van der Waals surface area (Å²) < 4.78 is 39.8. The molecule has 2 nitrogen and oxygen atoms in total. The van der Waals surface area contributed by atoms with Gasteiger partial charge in [-0.3, -0.25) is 4.79 Å². The minimum atomic E-state index is -6.00. The van der Waals surface area contributed by atoms with Crippen molar-refractivity contribution in [2.24, 2.45) is 0 Å². The van der Waals surface area contributed by atoms with Crippen LogP contribution in [-0.2, 0) is 4.79 Å². The average Bonchev–Trinajstić information content (AvgIpc) is 2.66. The Kier molecular flexibility index (Phi) is 20.4. The van der Waals surface area contributed by atoms with E-state index in [1.807, 2.05) is 6.92 Å². The quantitative estimate of drug-likeness (QED) is 0.0610. The summed E-state index contributed by atoms with van der Waals surface area (Å²) in [6.07, 6.45) is 20.0. The number of hydrogen-bond donors (Lipinski definition) is 0. The van der Waals surface area contributed by atoms with E-state index in [4.69, 9.17) is 0 Å². The maximum absolute atomic E-state index is 12.6. The number of nitrogens with zero attached hydrogens (tertiary/aromatic N) is 1. The fourth-order valence-electron chi connectivity index (χ4n) is 4.17. The fraction of sp³-hybridized carbons (Fsp3) is 0.880. The molecule has 0 spiro atoms. The number of unbranched alkanes of at least 4 members (excludes halogenated alkanes) is 12. The Morgan fingerprint density at radius 1 is 0.750 bits per heavy atom. The van der Waals surface area contributed by atoms with Crippen LogP contribution in [0.2, 0.25) is 0 Å². The third-order valence-electron chi connectivity index (χ3n) is 5.95. The Bertz CT molecular complexity index is 475. The van der Waals surface area contributed by atoms with Gasteiger partial charge in [0.1, 0.15) is 0 Å². The summed E-state index contributed by atoms with van der Waals surface area (Å²) >= 11 is 0. The molecule has 0 heterocycles. The summed E-state index contributed by atoms with van der Waals surface area (Å²) in [5, 5.41) is 0. The van der Waals surface area contributed by atoms with Crippen molar-refractivity contribution >= 4 is 13.0 Å². The molecule has 1 unspecified atom stereocenters. The van der Waals surface area contributed by atoms with Gasteiger partial charge in [0.15, 0.2) is 6.04 Å². The van der Waals surface area contributed by atoms with Crippen molar-refractivity contribution in [1.82, 2.24) is 0 Å². The first-order chi connectivity index (χ1) is 14.9. The highest BCUT2D eigenvalue weighted by molar-refractivity contribution is 6.50. The molecule has 0 aromatic carbocycles. The molecular formula is C25H50BF4NO. The molecule has 0 saturated heterocycles. The van der Waals surface area contributed by atoms with Crippen molar-refractivity contribution in [1.29, 1.82) is 0 Å². The maximum atomic E-state index is 12.6. The number of halogens is 4. The minimum Gasteiger partial charge on any atom is -0.418 e. The summed E-state index contributed by atoms with van der Waals surface area (Å²) in [5.74, 6) is 0.271. The Labute approximate surface area is 195 Å². The van der Waals surface area contributed by atoms with Gasteiger partial charge in [0.25, 0.3) is 0 Å². The molecule has 0 fully saturated rings. The van der Waals surface area contributed by atoms with Gasteiger partial charge >= 0.3 is 7.25 Å². The first-order valence-corrected chi connectivity index (χ1v) is 12.8. The lowest BCUT2D eigenvalue weighted by atomic mass is 9.96. The molecule has 192 valence electrons. The second-order valence-electron chi connectivity index (χ2n) is 9.69. The molecule has 0 radical (unpaired) electrons. The van der Waals surface area contributed by atoms with Crippen LogP contribution in [-0.4, -0.2) is 44.2 Å². The van der Waals surface area contributed by atoms with Crippen molar-refractivity contribution in [2.45, 2.75) is 123 Å². The third kappa shape index (κ3) is 22.4. The first-order valence-electron chi connectivity index (χ1n) is 12.8. The molecule has 0 bridgehead atoms. The maximum Gasteiger partial charge on any atom is 0.673 e. The van der Waals surface area contributed by atoms with Crippen LogP contribution in [0, 0.1) is 0 Å². The molecule has 0 aliphatic heterocycles. The van der Waals surface area contributed by atoms with E-state index in [9.17, 15) is 22.1 Å². The molecule has 0 aromatic heterocycles. The SMILES string of the molecule is C=C(C)C(=O)C(CCCCCCCCCCCCCCC)[N+](C)(C)CCC.F[B-](F)(F)F. The predicted molar refractivity (Wildman–Crippen MR) is 131 cm³/mol. The number of ketones is 1. The van der Waals surface area contributed by atoms with Gasteiger partial charge in [-0.05, 0) is 25.3 Å². The molecule has 32 heavy (non-hydrogen) atoms. The summed E-state index contributed by atoms with van der Waals surface area (Å²) in [4.78, 5) is 12.6. The molecule has 0 amide bonds. The highest BCUT2D eigenvalue weighted by Crippen LogP contribution is 2.20. The second kappa shape index (κ2) is 19.6. The molecule has 0 rings (SSSR count). The van der Waals surface area contributed by atoms with Crippen molar-refractivity contribution in [3.8, 4) is 0 Å². The smallest absolute Gasteiger partial charge is 0.418 e. The summed E-state index contributed by atoms with van der Waals surface area (Å²) in [7, 11) is -1.59. The van der Waals surface area contributed by atoms with Gasteiger partial charge in [-0.1, -0.05) is 97.5 Å². The van der Waals surface area contributed by atoms with E-state index in [2.05, 4.69) is 34.5 Å². The van der Waals surface area contributed by atoms with E-state index >= 15 is 0 Å². The molecule has 7 heteroatoms. The van der Waals surface area contributed by atoms with Crippen LogP contribution in [0.1, 0.15) is 117 Å². The molecule has 0 aliphatic carbocycles. The molecule has 0 saturated carbocycles. The predicted octanol–water partition coefficient (Wildman–Crippen LogP) is 8.77. The van der Waals surface area contributed by atoms with Crippen LogP contribution >= 0.6 is 0 Å². The monoisotopic (exact) mass is 467 g/mol. The van der Waals surface area contributed by atoms with Gasteiger partial charge in [0.05, 0.1) is 20.6 Å². The van der Waals surface area contributed by atoms with Crippen molar-refractivity contribution in [3.63, 3.8) is 0 Å². The van der Waals surface area contributed by atoms with Crippen LogP contribution in [0.25, 0.3) is 0 Å². The topological polar surface area (TPSA) is 17.1 Å². The number of carbonyl (C=O) groups excluding carboxylic acids is 1. The zero-order valence-electron chi connectivity index (χ0n) is 21.5. The summed E-state index contributed by atoms with van der Waals surface area (Å²) in [5.41, 5.74) is 0.719. The largest absolute Gasteiger partial charge is 0.673 e. The van der Waals surface area contributed by atoms with E-state index in [0.717, 1.165) is 29.4 Å². The average molecular weight is 467 g/mol. The normalized spacial score (nSPS) is 12.8. The second-order valence-corrected chi connectivity index (χ2v) is 9.69. The zero-order chi connectivity index (χ0) is 25.0. The molecule has 0 aromatic rings. The Morgan fingerprint density at radius 2 is 1.09 bits per heavy atom. The van der Waals surface area contributed by atoms with E-state index < -0.39 is 7.25 Å². The fourth-order valence-corrected chi connectivity index (χ4v) is 4.17. The molecular weight excluding hydrogens is 417 g/mol. The van der Waals surface area contributed by atoms with Gasteiger partial charge < -0.3 is 21.7 Å². The minimum absolute atomic E-state index is 0.0927. The standard InChI is InChI=1S/C25H50NO.BF4/c1-7-9-10-11-12-13-14-15-16-17-18-19-20-21-24(25(27)23(3)4)26(5,6)22-8-2;2-1(3,4)5/h24H,3,7-22H2,1-2,4-6H3;/q+1;-1. The van der Waals surface area contributed by atoms with Crippen LogP contribution in [0.15, 0.2) is 12.2 Å². The number of hydrogen-bond acceptors (Lipinski definition) is 1. The van der Waals surface area contributed by atoms with Gasteiger partial charge in [-0.15, -0.1) is 0 Å². The first kappa shape index (κ1) is 33.3. The van der Waals surface area contributed by atoms with E-state index in [1.165, 1.54) is 83.5 Å². The van der Waals surface area contributed by atoms with Crippen molar-refractivity contribution < 1.29 is 26.5 Å². The van der Waals surface area contributed by atoms with Gasteiger partial charge in [0, 0.05) is 6.42 Å². The third-order valence-corrected chi connectivity index (χ3v) is 5.95. The summed E-state index contributed by atoms with van der Waals surface area (Å²) in [6, 6.07) is 0.0927. The highest BCUT2D eigenvalue weighted by Gasteiger charge is 2.33. The van der Waals surface area contributed by atoms with Gasteiger partial charge in [-0.2, -0.15) is 0 Å². The Morgan fingerprint density at radius 3 is 1.41 bits per heavy atom. The van der Waals surface area contributed by atoms with Crippen molar-refractivity contribution in [3.05, 3.63) is 12.2 Å². The lowest BCUT2D eigenvalue weighted by Gasteiger charge is -2.37. The Balaban J connectivity index is 0. The number of carbonyl (C=O) groups is 1. The molecule has 1 atom stereocenters. The van der Waals surface area contributed by atoms with Crippen LogP contribution in [0.4, 0.5) is 17.3 Å². The van der Waals surface area contributed by atoms with Crippen LogP contribution in [0.3, 0.4) is 0 Å². The molecule has 0 N–H and O–H groups in total. The summed E-state index contributed by atoms with van der Waals surface area (Å²) in [6.45, 7) is 11.3. The van der Waals surface area contributed by atoms with E-state index in [0.29, 0.717) is 0 Å². The Hall–Kier alpha value is -0.845. The number of rotatable bonds is 19. The number of Topliss-reactive ketones (excluding diaryl/α,β-unsaturated/α-hetero) is 1. The highest BCUT2D eigenvalue weighted by atomic mass is 19.5. The van der Waals surface area contributed by atoms with Crippen LogP contribution < -0.4 is 0 Å². The van der Waals surface area contributed by atoms with Crippen molar-refractivity contribution in [2.75, 3.05) is 20.6 Å². The van der Waals surface area contributed by atoms with Gasteiger partial charge in [-0.25, -0.2) is 0 Å². The number of likely N-dealkylation sites (N-methyl/N-ethyl adjacent to an activating group) is 1. The zero-order valence-corrected chi connectivity index (χ0v) is 21.5. The van der Waals surface area contributed by atoms with Crippen LogP contribution in [0.5, 0.6) is 0 Å². The molecule has 0 aliphatic rings. The van der Waals surface area contributed by atoms with E-state index in [-0.39, 0.29) is 11.8 Å². The lowest BCUT2D eigenvalue weighted by molar-refractivity contribution is -0.906. The number of quaternary nitrogens is 1.